The molecule has 0 saturated heterocycles. The summed E-state index contributed by atoms with van der Waals surface area (Å²) in [6.07, 6.45) is 2.51. The summed E-state index contributed by atoms with van der Waals surface area (Å²) in [7, 11) is 1.87. The lowest BCUT2D eigenvalue weighted by atomic mass is 10.1. The Labute approximate surface area is 112 Å². The maximum atomic E-state index is 9.01. The Kier molecular flexibility index (Phi) is 4.18. The molecule has 0 atom stereocenters. The van der Waals surface area contributed by atoms with Crippen LogP contribution in [0.5, 0.6) is 5.75 Å². The van der Waals surface area contributed by atoms with Crippen molar-refractivity contribution in [2.75, 3.05) is 0 Å². The summed E-state index contributed by atoms with van der Waals surface area (Å²) in [6.45, 7) is 2.32. The molecule has 0 spiro atoms. The van der Waals surface area contributed by atoms with Gasteiger partial charge in [-0.3, -0.25) is 4.68 Å². The van der Waals surface area contributed by atoms with Crippen molar-refractivity contribution in [2.24, 2.45) is 12.2 Å². The lowest BCUT2D eigenvalue weighted by Gasteiger charge is -2.10. The number of ether oxygens (including phenoxy) is 1. The first kappa shape index (κ1) is 13.1. The molecule has 0 radical (unpaired) electrons. The van der Waals surface area contributed by atoms with Crippen molar-refractivity contribution < 1.29 is 9.94 Å². The normalized spacial score (nSPS) is 11.6. The molecular formula is C14H17N3O2. The molecule has 0 aliphatic carbocycles. The Morgan fingerprint density at radius 1 is 1.37 bits per heavy atom. The van der Waals surface area contributed by atoms with Gasteiger partial charge in [0.15, 0.2) is 0 Å². The number of nitrogens with zero attached hydrogens (tertiary/aromatic N) is 3. The molecule has 0 unspecified atom stereocenters. The fraction of sp³-hybridized carbons (Fsp3) is 0.286. The first-order chi connectivity index (χ1) is 9.24. The molecule has 1 aromatic heterocycles. The molecule has 5 heteroatoms. The zero-order valence-corrected chi connectivity index (χ0v) is 11.1. The largest absolute Gasteiger partial charge is 0.487 e. The molecule has 0 amide bonds. The van der Waals surface area contributed by atoms with Gasteiger partial charge in [-0.1, -0.05) is 24.2 Å². The highest BCUT2D eigenvalue weighted by Crippen LogP contribution is 2.21. The quantitative estimate of drug-likeness (QED) is 0.510. The molecule has 100 valence electrons. The minimum atomic E-state index is 0.389. The van der Waals surface area contributed by atoms with Crippen LogP contribution in [-0.4, -0.2) is 20.7 Å². The van der Waals surface area contributed by atoms with Crippen LogP contribution in [0.2, 0.25) is 0 Å². The Hall–Kier alpha value is -2.30. The average molecular weight is 259 g/mol. The average Bonchev–Trinajstić information content (AvgIpc) is 2.85. The van der Waals surface area contributed by atoms with Gasteiger partial charge in [-0.15, -0.1) is 0 Å². The van der Waals surface area contributed by atoms with E-state index in [1.54, 1.807) is 4.68 Å². The molecule has 1 heterocycles. The molecule has 1 aromatic carbocycles. The summed E-state index contributed by atoms with van der Waals surface area (Å²) >= 11 is 0. The van der Waals surface area contributed by atoms with Gasteiger partial charge in [0.2, 0.25) is 0 Å². The van der Waals surface area contributed by atoms with Crippen LogP contribution < -0.4 is 4.74 Å². The number of aryl methyl sites for hydroxylation is 1. The summed E-state index contributed by atoms with van der Waals surface area (Å²) < 4.78 is 7.49. The van der Waals surface area contributed by atoms with E-state index in [-0.39, 0.29) is 0 Å². The van der Waals surface area contributed by atoms with E-state index in [2.05, 4.69) is 10.3 Å². The van der Waals surface area contributed by atoms with Crippen LogP contribution in [-0.2, 0) is 13.7 Å². The number of oxime groups is 1. The van der Waals surface area contributed by atoms with E-state index >= 15 is 0 Å². The van der Waals surface area contributed by atoms with Crippen LogP contribution in [0.1, 0.15) is 24.6 Å². The number of hydrogen-bond acceptors (Lipinski definition) is 4. The molecule has 0 bridgehead atoms. The maximum absolute atomic E-state index is 9.01. The van der Waals surface area contributed by atoms with Gasteiger partial charge in [-0.25, -0.2) is 0 Å². The number of benzene rings is 1. The summed E-state index contributed by atoms with van der Waals surface area (Å²) in [5.41, 5.74) is 2.27. The number of rotatable bonds is 5. The van der Waals surface area contributed by atoms with Gasteiger partial charge >= 0.3 is 0 Å². The molecule has 5 nitrogen and oxygen atoms in total. The highest BCUT2D eigenvalue weighted by atomic mass is 16.5. The van der Waals surface area contributed by atoms with Gasteiger partial charge in [-0.05, 0) is 24.6 Å². The van der Waals surface area contributed by atoms with Crippen LogP contribution in [0.25, 0.3) is 0 Å². The topological polar surface area (TPSA) is 59.6 Å². The van der Waals surface area contributed by atoms with Crippen LogP contribution >= 0.6 is 0 Å². The Morgan fingerprint density at radius 2 is 2.16 bits per heavy atom. The standard InChI is InChI=1S/C14H17N3O2/c1-3-13(16-18)12-6-4-5-7-14(12)19-10-11-8-9-17(2)15-11/h4-9,18H,3,10H2,1-2H3/b16-13-. The minimum Gasteiger partial charge on any atom is -0.487 e. The van der Waals surface area contributed by atoms with E-state index in [0.29, 0.717) is 24.5 Å². The fourth-order valence-corrected chi connectivity index (χ4v) is 1.84. The summed E-state index contributed by atoms with van der Waals surface area (Å²) in [5.74, 6) is 0.697. The molecule has 19 heavy (non-hydrogen) atoms. The Morgan fingerprint density at radius 3 is 2.79 bits per heavy atom. The predicted octanol–water partition coefficient (Wildman–Crippen LogP) is 2.59. The second kappa shape index (κ2) is 6.04. The monoisotopic (exact) mass is 259 g/mol. The zero-order chi connectivity index (χ0) is 13.7. The second-order valence-corrected chi connectivity index (χ2v) is 4.17. The SMILES string of the molecule is CC/C(=N/O)c1ccccc1OCc1ccn(C)n1. The summed E-state index contributed by atoms with van der Waals surface area (Å²) in [5, 5.41) is 16.6. The highest BCUT2D eigenvalue weighted by Gasteiger charge is 2.09. The van der Waals surface area contributed by atoms with Gasteiger partial charge in [0.1, 0.15) is 12.4 Å². The second-order valence-electron chi connectivity index (χ2n) is 4.17. The van der Waals surface area contributed by atoms with Gasteiger partial charge in [0.25, 0.3) is 0 Å². The van der Waals surface area contributed by atoms with Crippen molar-refractivity contribution in [1.82, 2.24) is 9.78 Å². The molecule has 0 saturated carbocycles. The Bertz CT molecular complexity index is 576. The lowest BCUT2D eigenvalue weighted by molar-refractivity contribution is 0.297. The van der Waals surface area contributed by atoms with Crippen LogP contribution in [0.4, 0.5) is 0 Å². The van der Waals surface area contributed by atoms with E-state index in [1.807, 2.05) is 50.5 Å². The van der Waals surface area contributed by atoms with Crippen LogP contribution in [0.3, 0.4) is 0 Å². The van der Waals surface area contributed by atoms with E-state index in [9.17, 15) is 0 Å². The third-order valence-electron chi connectivity index (χ3n) is 2.80. The van der Waals surface area contributed by atoms with E-state index < -0.39 is 0 Å². The summed E-state index contributed by atoms with van der Waals surface area (Å²) in [6, 6.07) is 9.43. The highest BCUT2D eigenvalue weighted by molar-refractivity contribution is 6.02. The predicted molar refractivity (Wildman–Crippen MR) is 72.6 cm³/mol. The molecule has 0 aliphatic rings. The van der Waals surface area contributed by atoms with E-state index in [4.69, 9.17) is 9.94 Å². The van der Waals surface area contributed by atoms with Crippen LogP contribution in [0, 0.1) is 0 Å². The van der Waals surface area contributed by atoms with Gasteiger partial charge < -0.3 is 9.94 Å². The van der Waals surface area contributed by atoms with Crippen LogP contribution in [0.15, 0.2) is 41.7 Å². The minimum absolute atomic E-state index is 0.389. The van der Waals surface area contributed by atoms with Gasteiger partial charge in [0, 0.05) is 18.8 Å². The van der Waals surface area contributed by atoms with Gasteiger partial charge in [-0.2, -0.15) is 5.10 Å². The smallest absolute Gasteiger partial charge is 0.132 e. The first-order valence-electron chi connectivity index (χ1n) is 6.16. The number of para-hydroxylation sites is 1. The number of aromatic nitrogens is 2. The number of hydrogen-bond donors (Lipinski definition) is 1. The third kappa shape index (κ3) is 3.13. The first-order valence-corrected chi connectivity index (χ1v) is 6.16. The third-order valence-corrected chi connectivity index (χ3v) is 2.80. The van der Waals surface area contributed by atoms with Gasteiger partial charge in [0.05, 0.1) is 11.4 Å². The fourth-order valence-electron chi connectivity index (χ4n) is 1.84. The van der Waals surface area contributed by atoms with Crippen molar-refractivity contribution in [3.63, 3.8) is 0 Å². The summed E-state index contributed by atoms with van der Waals surface area (Å²) in [4.78, 5) is 0. The van der Waals surface area contributed by atoms with Crippen molar-refractivity contribution in [3.8, 4) is 5.75 Å². The zero-order valence-electron chi connectivity index (χ0n) is 11.1. The lowest BCUT2D eigenvalue weighted by Crippen LogP contribution is -2.05. The van der Waals surface area contributed by atoms with Crippen molar-refractivity contribution in [2.45, 2.75) is 20.0 Å². The molecule has 0 aliphatic heterocycles. The van der Waals surface area contributed by atoms with Crippen molar-refractivity contribution >= 4 is 5.71 Å². The van der Waals surface area contributed by atoms with Crippen molar-refractivity contribution in [3.05, 3.63) is 47.8 Å². The molecule has 1 N–H and O–H groups in total. The van der Waals surface area contributed by atoms with E-state index in [1.165, 1.54) is 0 Å². The molecule has 2 aromatic rings. The van der Waals surface area contributed by atoms with E-state index in [0.717, 1.165) is 11.3 Å². The molecule has 0 fully saturated rings. The Balaban J connectivity index is 2.16. The molecular weight excluding hydrogens is 242 g/mol. The van der Waals surface area contributed by atoms with Crippen molar-refractivity contribution in [1.29, 1.82) is 0 Å². The maximum Gasteiger partial charge on any atom is 0.132 e. The molecule has 2 rings (SSSR count).